The van der Waals surface area contributed by atoms with Crippen LogP contribution in [0.4, 0.5) is 0 Å². The molecule has 1 aromatic rings. The predicted molar refractivity (Wildman–Crippen MR) is 84.7 cm³/mol. The number of piperidine rings is 1. The van der Waals surface area contributed by atoms with Gasteiger partial charge in [0, 0.05) is 6.04 Å². The van der Waals surface area contributed by atoms with Crippen molar-refractivity contribution >= 4 is 0 Å². The SMILES string of the molecule is CN1CCCCC1CCOc1ccc2c(c1)CCCC2O. The van der Waals surface area contributed by atoms with E-state index in [9.17, 15) is 5.11 Å². The number of fused-ring (bicyclic) bond motifs is 1. The third-order valence-electron chi connectivity index (χ3n) is 5.04. The number of hydrogen-bond acceptors (Lipinski definition) is 3. The Morgan fingerprint density at radius 3 is 3.00 bits per heavy atom. The lowest BCUT2D eigenvalue weighted by atomic mass is 9.89. The van der Waals surface area contributed by atoms with E-state index in [0.29, 0.717) is 6.04 Å². The molecule has 21 heavy (non-hydrogen) atoms. The molecule has 116 valence electrons. The van der Waals surface area contributed by atoms with Crippen LogP contribution in [-0.2, 0) is 6.42 Å². The molecule has 2 unspecified atom stereocenters. The number of ether oxygens (including phenoxy) is 1. The van der Waals surface area contributed by atoms with Crippen LogP contribution < -0.4 is 4.74 Å². The van der Waals surface area contributed by atoms with Gasteiger partial charge in [-0.1, -0.05) is 12.5 Å². The molecule has 3 nitrogen and oxygen atoms in total. The van der Waals surface area contributed by atoms with Crippen molar-refractivity contribution in [1.29, 1.82) is 0 Å². The molecule has 1 heterocycles. The van der Waals surface area contributed by atoms with Crippen molar-refractivity contribution in [2.75, 3.05) is 20.2 Å². The number of nitrogens with zero attached hydrogens (tertiary/aromatic N) is 1. The van der Waals surface area contributed by atoms with E-state index in [2.05, 4.69) is 18.0 Å². The number of aliphatic hydroxyl groups is 1. The van der Waals surface area contributed by atoms with E-state index in [0.717, 1.165) is 43.6 Å². The number of aryl methyl sites for hydroxylation is 1. The van der Waals surface area contributed by atoms with Crippen molar-refractivity contribution in [3.8, 4) is 5.75 Å². The van der Waals surface area contributed by atoms with Crippen LogP contribution in [0.15, 0.2) is 18.2 Å². The second kappa shape index (κ2) is 6.80. The van der Waals surface area contributed by atoms with Crippen LogP contribution in [0, 0.1) is 0 Å². The van der Waals surface area contributed by atoms with E-state index < -0.39 is 0 Å². The molecule has 0 radical (unpaired) electrons. The third-order valence-corrected chi connectivity index (χ3v) is 5.04. The molecule has 1 aliphatic carbocycles. The second-order valence-electron chi connectivity index (χ2n) is 6.54. The first-order valence-electron chi connectivity index (χ1n) is 8.38. The summed E-state index contributed by atoms with van der Waals surface area (Å²) in [7, 11) is 2.23. The van der Waals surface area contributed by atoms with E-state index in [1.807, 2.05) is 12.1 Å². The summed E-state index contributed by atoms with van der Waals surface area (Å²) >= 11 is 0. The Labute approximate surface area is 127 Å². The summed E-state index contributed by atoms with van der Waals surface area (Å²) in [5.41, 5.74) is 2.36. The molecule has 0 amide bonds. The van der Waals surface area contributed by atoms with Gasteiger partial charge < -0.3 is 14.7 Å². The summed E-state index contributed by atoms with van der Waals surface area (Å²) < 4.78 is 5.95. The molecule has 0 saturated carbocycles. The van der Waals surface area contributed by atoms with Crippen molar-refractivity contribution in [1.82, 2.24) is 4.90 Å². The molecule has 1 aliphatic heterocycles. The van der Waals surface area contributed by atoms with Crippen LogP contribution >= 0.6 is 0 Å². The Hall–Kier alpha value is -1.06. The lowest BCUT2D eigenvalue weighted by molar-refractivity contribution is 0.151. The fraction of sp³-hybridized carbons (Fsp3) is 0.667. The van der Waals surface area contributed by atoms with Gasteiger partial charge >= 0.3 is 0 Å². The zero-order valence-corrected chi connectivity index (χ0v) is 13.1. The van der Waals surface area contributed by atoms with Crippen LogP contribution in [0.1, 0.15) is 55.8 Å². The van der Waals surface area contributed by atoms with E-state index >= 15 is 0 Å². The van der Waals surface area contributed by atoms with Crippen LogP contribution in [-0.4, -0.2) is 36.2 Å². The first-order chi connectivity index (χ1) is 10.2. The molecule has 1 aromatic carbocycles. The van der Waals surface area contributed by atoms with Gasteiger partial charge in [0.15, 0.2) is 0 Å². The summed E-state index contributed by atoms with van der Waals surface area (Å²) in [6.07, 6.45) is 7.85. The van der Waals surface area contributed by atoms with Crippen LogP contribution in [0.5, 0.6) is 5.75 Å². The topological polar surface area (TPSA) is 32.7 Å². The Kier molecular flexibility index (Phi) is 4.81. The van der Waals surface area contributed by atoms with Crippen molar-refractivity contribution in [2.24, 2.45) is 0 Å². The Balaban J connectivity index is 1.53. The average molecular weight is 289 g/mol. The average Bonchev–Trinajstić information content (AvgIpc) is 2.49. The molecular weight excluding hydrogens is 262 g/mol. The molecule has 0 spiro atoms. The molecule has 3 rings (SSSR count). The van der Waals surface area contributed by atoms with Gasteiger partial charge in [-0.2, -0.15) is 0 Å². The molecule has 2 aliphatic rings. The van der Waals surface area contributed by atoms with Crippen molar-refractivity contribution in [2.45, 2.75) is 57.1 Å². The number of rotatable bonds is 4. The van der Waals surface area contributed by atoms with Gasteiger partial charge in [0.1, 0.15) is 5.75 Å². The highest BCUT2D eigenvalue weighted by atomic mass is 16.5. The summed E-state index contributed by atoms with van der Waals surface area (Å²) in [5.74, 6) is 0.960. The molecule has 0 aromatic heterocycles. The normalized spacial score (nSPS) is 26.4. The quantitative estimate of drug-likeness (QED) is 0.923. The monoisotopic (exact) mass is 289 g/mol. The van der Waals surface area contributed by atoms with Crippen molar-refractivity contribution in [3.05, 3.63) is 29.3 Å². The van der Waals surface area contributed by atoms with E-state index in [4.69, 9.17) is 4.74 Å². The fourth-order valence-corrected chi connectivity index (χ4v) is 3.68. The highest BCUT2D eigenvalue weighted by Crippen LogP contribution is 2.32. The second-order valence-corrected chi connectivity index (χ2v) is 6.54. The molecule has 0 bridgehead atoms. The van der Waals surface area contributed by atoms with Gasteiger partial charge in [-0.05, 0) is 75.4 Å². The third kappa shape index (κ3) is 3.58. The maximum Gasteiger partial charge on any atom is 0.119 e. The molecule has 2 atom stereocenters. The Morgan fingerprint density at radius 1 is 1.24 bits per heavy atom. The highest BCUT2D eigenvalue weighted by Gasteiger charge is 2.20. The molecular formula is C18H27NO2. The van der Waals surface area contributed by atoms with Gasteiger partial charge in [0.25, 0.3) is 0 Å². The van der Waals surface area contributed by atoms with Crippen LogP contribution in [0.25, 0.3) is 0 Å². The summed E-state index contributed by atoms with van der Waals surface area (Å²) in [5, 5.41) is 9.98. The predicted octanol–water partition coefficient (Wildman–Crippen LogP) is 3.31. The maximum absolute atomic E-state index is 9.98. The highest BCUT2D eigenvalue weighted by molar-refractivity contribution is 5.38. The zero-order chi connectivity index (χ0) is 14.7. The minimum Gasteiger partial charge on any atom is -0.494 e. The maximum atomic E-state index is 9.98. The minimum absolute atomic E-state index is 0.279. The molecule has 1 fully saturated rings. The Morgan fingerprint density at radius 2 is 2.14 bits per heavy atom. The standard InChI is InChI=1S/C18H27NO2/c1-19-11-3-2-6-15(19)10-12-21-16-8-9-17-14(13-16)5-4-7-18(17)20/h8-9,13,15,18,20H,2-7,10-12H2,1H3. The van der Waals surface area contributed by atoms with E-state index in [1.54, 1.807) is 0 Å². The van der Waals surface area contributed by atoms with E-state index in [-0.39, 0.29) is 6.10 Å². The number of benzene rings is 1. The lowest BCUT2D eigenvalue weighted by Crippen LogP contribution is -2.37. The fourth-order valence-electron chi connectivity index (χ4n) is 3.68. The van der Waals surface area contributed by atoms with Crippen molar-refractivity contribution in [3.63, 3.8) is 0 Å². The first kappa shape index (κ1) is 14.9. The summed E-state index contributed by atoms with van der Waals surface area (Å²) in [4.78, 5) is 2.47. The number of aliphatic hydroxyl groups excluding tert-OH is 1. The lowest BCUT2D eigenvalue weighted by Gasteiger charge is -2.32. The van der Waals surface area contributed by atoms with Crippen LogP contribution in [0.3, 0.4) is 0 Å². The van der Waals surface area contributed by atoms with Gasteiger partial charge in [0.05, 0.1) is 12.7 Å². The summed E-state index contributed by atoms with van der Waals surface area (Å²) in [6, 6.07) is 6.86. The van der Waals surface area contributed by atoms with Gasteiger partial charge in [-0.25, -0.2) is 0 Å². The molecule has 3 heteroatoms. The van der Waals surface area contributed by atoms with Gasteiger partial charge in [-0.3, -0.25) is 0 Å². The van der Waals surface area contributed by atoms with E-state index in [1.165, 1.54) is 31.4 Å². The zero-order valence-electron chi connectivity index (χ0n) is 13.1. The van der Waals surface area contributed by atoms with Gasteiger partial charge in [-0.15, -0.1) is 0 Å². The first-order valence-corrected chi connectivity index (χ1v) is 8.38. The molecule has 1 saturated heterocycles. The summed E-state index contributed by atoms with van der Waals surface area (Å²) in [6.45, 7) is 2.01. The van der Waals surface area contributed by atoms with Gasteiger partial charge in [0.2, 0.25) is 0 Å². The Bertz CT molecular complexity index is 474. The van der Waals surface area contributed by atoms with Crippen molar-refractivity contribution < 1.29 is 9.84 Å². The largest absolute Gasteiger partial charge is 0.494 e. The smallest absolute Gasteiger partial charge is 0.119 e. The number of hydrogen-bond donors (Lipinski definition) is 1. The minimum atomic E-state index is -0.279. The molecule has 1 N–H and O–H groups in total. The van der Waals surface area contributed by atoms with Crippen LogP contribution in [0.2, 0.25) is 0 Å². The number of likely N-dealkylation sites (tertiary alicyclic amines) is 1.